The van der Waals surface area contributed by atoms with E-state index >= 15 is 0 Å². The van der Waals surface area contributed by atoms with Gasteiger partial charge in [0.1, 0.15) is 5.01 Å². The monoisotopic (exact) mass is 312 g/mol. The van der Waals surface area contributed by atoms with Crippen LogP contribution in [0.15, 0.2) is 34.7 Å². The molecule has 6 nitrogen and oxygen atoms in total. The van der Waals surface area contributed by atoms with Gasteiger partial charge in [0.05, 0.1) is 17.0 Å². The van der Waals surface area contributed by atoms with Crippen molar-refractivity contribution >= 4 is 27.3 Å². The molecule has 20 heavy (non-hydrogen) atoms. The van der Waals surface area contributed by atoms with Crippen LogP contribution in [0.3, 0.4) is 0 Å². The summed E-state index contributed by atoms with van der Waals surface area (Å²) in [5, 5.41) is 11.4. The molecular weight excluding hydrogens is 300 g/mol. The van der Waals surface area contributed by atoms with Gasteiger partial charge in [-0.15, -0.1) is 11.3 Å². The average Bonchev–Trinajstić information content (AvgIpc) is 2.89. The number of carboxylic acids is 1. The topological polar surface area (TPSA) is 96.4 Å². The second-order valence-electron chi connectivity index (χ2n) is 4.03. The first-order valence-electron chi connectivity index (χ1n) is 5.62. The molecule has 0 bridgehead atoms. The number of thiazole rings is 1. The lowest BCUT2D eigenvalue weighted by Gasteiger charge is -2.07. The highest BCUT2D eigenvalue weighted by atomic mass is 32.2. The number of nitrogens with zero attached hydrogens (tertiary/aromatic N) is 1. The summed E-state index contributed by atoms with van der Waals surface area (Å²) in [6.45, 7) is 1.69. The fraction of sp³-hybridized carbons (Fsp3) is 0.167. The lowest BCUT2D eigenvalue weighted by atomic mass is 10.1. The summed E-state index contributed by atoms with van der Waals surface area (Å²) in [6, 6.07) is 4.01. The molecule has 0 aliphatic heterocycles. The van der Waals surface area contributed by atoms with E-state index in [1.807, 2.05) is 0 Å². The molecule has 1 heterocycles. The first-order chi connectivity index (χ1) is 9.40. The summed E-state index contributed by atoms with van der Waals surface area (Å²) >= 11 is 1.34. The fourth-order valence-corrected chi connectivity index (χ4v) is 3.24. The average molecular weight is 312 g/mol. The second-order valence-corrected chi connectivity index (χ2v) is 6.78. The number of nitrogens with one attached hydrogen (secondary N) is 1. The summed E-state index contributed by atoms with van der Waals surface area (Å²) in [6.07, 6.45) is 1.59. The van der Waals surface area contributed by atoms with E-state index in [9.17, 15) is 13.2 Å². The zero-order chi connectivity index (χ0) is 14.8. The number of aryl methyl sites for hydroxylation is 1. The van der Waals surface area contributed by atoms with Crippen LogP contribution in [0.2, 0.25) is 0 Å². The smallest absolute Gasteiger partial charge is 0.335 e. The minimum Gasteiger partial charge on any atom is -0.478 e. The first kappa shape index (κ1) is 14.6. The van der Waals surface area contributed by atoms with Crippen molar-refractivity contribution in [2.75, 3.05) is 0 Å². The molecule has 0 fully saturated rings. The van der Waals surface area contributed by atoms with Gasteiger partial charge in [-0.05, 0) is 24.6 Å². The number of aromatic carboxylic acids is 1. The maximum absolute atomic E-state index is 12.1. The van der Waals surface area contributed by atoms with Crippen molar-refractivity contribution in [2.45, 2.75) is 18.4 Å². The van der Waals surface area contributed by atoms with E-state index in [4.69, 9.17) is 5.11 Å². The molecule has 0 saturated heterocycles. The number of carbonyl (C=O) groups is 1. The largest absolute Gasteiger partial charge is 0.478 e. The number of hydrogen-bond acceptors (Lipinski definition) is 5. The van der Waals surface area contributed by atoms with E-state index in [2.05, 4.69) is 9.71 Å². The quantitative estimate of drug-likeness (QED) is 0.874. The Balaban J connectivity index is 2.25. The van der Waals surface area contributed by atoms with Crippen molar-refractivity contribution in [3.8, 4) is 0 Å². The summed E-state index contributed by atoms with van der Waals surface area (Å²) in [5.74, 6) is -1.15. The summed E-state index contributed by atoms with van der Waals surface area (Å²) < 4.78 is 26.6. The van der Waals surface area contributed by atoms with Gasteiger partial charge in [0, 0.05) is 11.6 Å². The van der Waals surface area contributed by atoms with E-state index in [1.165, 1.54) is 23.5 Å². The van der Waals surface area contributed by atoms with Crippen molar-refractivity contribution in [1.29, 1.82) is 0 Å². The lowest BCUT2D eigenvalue weighted by Crippen LogP contribution is -2.23. The van der Waals surface area contributed by atoms with Crippen LogP contribution in [0.1, 0.15) is 20.9 Å². The van der Waals surface area contributed by atoms with Crippen LogP contribution in [-0.4, -0.2) is 24.5 Å². The second kappa shape index (κ2) is 5.70. The van der Waals surface area contributed by atoms with Crippen LogP contribution in [0.4, 0.5) is 0 Å². The highest BCUT2D eigenvalue weighted by Gasteiger charge is 2.17. The van der Waals surface area contributed by atoms with Crippen LogP contribution >= 0.6 is 11.3 Å². The van der Waals surface area contributed by atoms with Gasteiger partial charge in [0.25, 0.3) is 0 Å². The number of benzene rings is 1. The minimum absolute atomic E-state index is 0.0258. The van der Waals surface area contributed by atoms with Crippen molar-refractivity contribution in [2.24, 2.45) is 0 Å². The molecule has 0 aliphatic carbocycles. The van der Waals surface area contributed by atoms with E-state index in [0.29, 0.717) is 10.6 Å². The van der Waals surface area contributed by atoms with Gasteiger partial charge in [-0.3, -0.25) is 0 Å². The molecule has 2 aromatic rings. The van der Waals surface area contributed by atoms with Crippen molar-refractivity contribution in [3.05, 3.63) is 45.9 Å². The van der Waals surface area contributed by atoms with Gasteiger partial charge >= 0.3 is 5.97 Å². The van der Waals surface area contributed by atoms with Crippen LogP contribution in [0.25, 0.3) is 0 Å². The molecule has 0 spiro atoms. The summed E-state index contributed by atoms with van der Waals surface area (Å²) in [5.41, 5.74) is 0.485. The van der Waals surface area contributed by atoms with Crippen LogP contribution in [-0.2, 0) is 16.6 Å². The van der Waals surface area contributed by atoms with Crippen LogP contribution < -0.4 is 4.72 Å². The van der Waals surface area contributed by atoms with Crippen molar-refractivity contribution in [3.63, 3.8) is 0 Å². The van der Waals surface area contributed by atoms with Crippen molar-refractivity contribution < 1.29 is 18.3 Å². The number of aromatic nitrogens is 1. The Morgan fingerprint density at radius 1 is 1.45 bits per heavy atom. The predicted octanol–water partition coefficient (Wildman–Crippen LogP) is 1.63. The fourth-order valence-electron chi connectivity index (χ4n) is 1.58. The Labute approximate surface area is 120 Å². The Morgan fingerprint density at radius 2 is 2.20 bits per heavy atom. The molecule has 0 saturated carbocycles. The highest BCUT2D eigenvalue weighted by Crippen LogP contribution is 2.16. The Hall–Kier alpha value is -1.77. The first-order valence-corrected chi connectivity index (χ1v) is 7.98. The molecular formula is C12H12N2O4S2. The van der Waals surface area contributed by atoms with E-state index in [1.54, 1.807) is 18.5 Å². The third-order valence-corrected chi connectivity index (χ3v) is 4.83. The van der Waals surface area contributed by atoms with E-state index < -0.39 is 16.0 Å². The Bertz CT molecular complexity index is 724. The maximum Gasteiger partial charge on any atom is 0.335 e. The van der Waals surface area contributed by atoms with Crippen LogP contribution in [0.5, 0.6) is 0 Å². The van der Waals surface area contributed by atoms with E-state index in [0.717, 1.165) is 6.07 Å². The molecule has 8 heteroatoms. The number of sulfonamides is 1. The van der Waals surface area contributed by atoms with Gasteiger partial charge in [0.2, 0.25) is 10.0 Å². The number of rotatable bonds is 5. The molecule has 0 aliphatic rings. The molecule has 1 aromatic heterocycles. The van der Waals surface area contributed by atoms with Gasteiger partial charge < -0.3 is 5.11 Å². The predicted molar refractivity (Wildman–Crippen MR) is 74.3 cm³/mol. The molecule has 2 N–H and O–H groups in total. The molecule has 0 unspecified atom stereocenters. The summed E-state index contributed by atoms with van der Waals surface area (Å²) in [7, 11) is -3.76. The van der Waals surface area contributed by atoms with Gasteiger partial charge in [-0.2, -0.15) is 0 Å². The standard InChI is InChI=1S/C12H12N2O4S2/c1-8-2-3-9(6-10(8)12(15)16)20(17,18)14-7-11-13-4-5-19-11/h2-6,14H,7H2,1H3,(H,15,16). The normalized spacial score (nSPS) is 11.4. The highest BCUT2D eigenvalue weighted by molar-refractivity contribution is 7.89. The van der Waals surface area contributed by atoms with Gasteiger partial charge in [0.15, 0.2) is 0 Å². The van der Waals surface area contributed by atoms with Gasteiger partial charge in [-0.25, -0.2) is 22.9 Å². The maximum atomic E-state index is 12.1. The molecule has 0 atom stereocenters. The summed E-state index contributed by atoms with van der Waals surface area (Å²) in [4.78, 5) is 14.9. The van der Waals surface area contributed by atoms with Crippen LogP contribution in [0, 0.1) is 6.92 Å². The third kappa shape index (κ3) is 3.21. The number of carboxylic acid groups (broad SMARTS) is 1. The van der Waals surface area contributed by atoms with Crippen molar-refractivity contribution in [1.82, 2.24) is 9.71 Å². The SMILES string of the molecule is Cc1ccc(S(=O)(=O)NCc2nccs2)cc1C(=O)O. The van der Waals surface area contributed by atoms with Gasteiger partial charge in [-0.1, -0.05) is 6.07 Å². The molecule has 1 aromatic carbocycles. The molecule has 106 valence electrons. The Kier molecular flexibility index (Phi) is 4.17. The third-order valence-electron chi connectivity index (χ3n) is 2.65. The minimum atomic E-state index is -3.76. The molecule has 0 radical (unpaired) electrons. The zero-order valence-electron chi connectivity index (χ0n) is 10.5. The molecule has 2 rings (SSSR count). The molecule has 0 amide bonds. The lowest BCUT2D eigenvalue weighted by molar-refractivity contribution is 0.0696. The zero-order valence-corrected chi connectivity index (χ0v) is 12.2. The Morgan fingerprint density at radius 3 is 2.80 bits per heavy atom. The number of hydrogen-bond donors (Lipinski definition) is 2. The van der Waals surface area contributed by atoms with E-state index in [-0.39, 0.29) is 17.0 Å².